The van der Waals surface area contributed by atoms with Crippen LogP contribution in [0.5, 0.6) is 0 Å². The third kappa shape index (κ3) is 4.40. The summed E-state index contributed by atoms with van der Waals surface area (Å²) in [6.45, 7) is 5.68. The van der Waals surface area contributed by atoms with Crippen molar-refractivity contribution in [3.8, 4) is 0 Å². The number of benzene rings is 1. The van der Waals surface area contributed by atoms with Crippen LogP contribution in [0.1, 0.15) is 25.5 Å². The number of halogens is 2. The molecule has 1 rings (SSSR count). The summed E-state index contributed by atoms with van der Waals surface area (Å²) in [5.74, 6) is -0.616. The Bertz CT molecular complexity index is 366. The zero-order valence-electron chi connectivity index (χ0n) is 10.6. The van der Waals surface area contributed by atoms with Crippen molar-refractivity contribution in [2.75, 3.05) is 20.1 Å². The van der Waals surface area contributed by atoms with Crippen molar-refractivity contribution in [3.63, 3.8) is 0 Å². The van der Waals surface area contributed by atoms with Crippen LogP contribution in [0.15, 0.2) is 18.2 Å². The molecule has 0 amide bonds. The average Bonchev–Trinajstić information content (AvgIpc) is 2.15. The van der Waals surface area contributed by atoms with Gasteiger partial charge in [0.15, 0.2) is 0 Å². The predicted molar refractivity (Wildman–Crippen MR) is 65.6 cm³/mol. The minimum atomic E-state index is -0.575. The summed E-state index contributed by atoms with van der Waals surface area (Å²) in [5.41, 5.74) is 6.28. The molecule has 0 saturated carbocycles. The molecular formula is C13H20F2N2. The van der Waals surface area contributed by atoms with Crippen molar-refractivity contribution >= 4 is 0 Å². The first kappa shape index (κ1) is 14.1. The fraction of sp³-hybridized carbons (Fsp3) is 0.538. The Morgan fingerprint density at radius 2 is 1.88 bits per heavy atom. The third-order valence-corrected chi connectivity index (χ3v) is 2.55. The van der Waals surface area contributed by atoms with Crippen molar-refractivity contribution < 1.29 is 8.78 Å². The molecule has 1 atom stereocenters. The summed E-state index contributed by atoms with van der Waals surface area (Å²) < 4.78 is 26.2. The quantitative estimate of drug-likeness (QED) is 0.859. The summed E-state index contributed by atoms with van der Waals surface area (Å²) in [5, 5.41) is 0. The van der Waals surface area contributed by atoms with Gasteiger partial charge in [-0.2, -0.15) is 0 Å². The molecule has 2 nitrogen and oxygen atoms in total. The van der Waals surface area contributed by atoms with E-state index in [1.165, 1.54) is 12.1 Å². The number of nitrogens with zero attached hydrogens (tertiary/aromatic N) is 1. The lowest BCUT2D eigenvalue weighted by Gasteiger charge is -2.23. The van der Waals surface area contributed by atoms with E-state index in [4.69, 9.17) is 5.73 Å². The maximum Gasteiger partial charge on any atom is 0.130 e. The van der Waals surface area contributed by atoms with Crippen molar-refractivity contribution in [3.05, 3.63) is 35.4 Å². The number of likely N-dealkylation sites (N-methyl/N-ethyl adjacent to an activating group) is 1. The average molecular weight is 242 g/mol. The van der Waals surface area contributed by atoms with Gasteiger partial charge in [0.1, 0.15) is 11.6 Å². The van der Waals surface area contributed by atoms with E-state index in [9.17, 15) is 8.78 Å². The minimum absolute atomic E-state index is 0.363. The van der Waals surface area contributed by atoms with E-state index in [-0.39, 0.29) is 0 Å². The van der Waals surface area contributed by atoms with Crippen molar-refractivity contribution in [2.45, 2.75) is 19.9 Å². The van der Waals surface area contributed by atoms with Crippen LogP contribution >= 0.6 is 0 Å². The van der Waals surface area contributed by atoms with Gasteiger partial charge in [0.2, 0.25) is 0 Å². The lowest BCUT2D eigenvalue weighted by atomic mass is 10.1. The first-order valence-electron chi connectivity index (χ1n) is 5.79. The Labute approximate surface area is 101 Å². The minimum Gasteiger partial charge on any atom is -0.323 e. The normalized spacial score (nSPS) is 13.4. The molecule has 0 bridgehead atoms. The molecule has 0 fully saturated rings. The first-order valence-corrected chi connectivity index (χ1v) is 5.79. The fourth-order valence-corrected chi connectivity index (χ4v) is 1.93. The highest BCUT2D eigenvalue weighted by molar-refractivity contribution is 5.22. The number of hydrogen-bond acceptors (Lipinski definition) is 2. The maximum absolute atomic E-state index is 13.5. The monoisotopic (exact) mass is 242 g/mol. The highest BCUT2D eigenvalue weighted by Gasteiger charge is 2.14. The molecule has 96 valence electrons. The molecular weight excluding hydrogens is 222 g/mol. The lowest BCUT2D eigenvalue weighted by Crippen LogP contribution is -2.32. The molecule has 4 heteroatoms. The van der Waals surface area contributed by atoms with Crippen LogP contribution in [0.2, 0.25) is 0 Å². The number of rotatable bonds is 5. The number of nitrogens with two attached hydrogens (primary N) is 1. The molecule has 0 saturated heterocycles. The van der Waals surface area contributed by atoms with Gasteiger partial charge in [-0.15, -0.1) is 0 Å². The van der Waals surface area contributed by atoms with Crippen molar-refractivity contribution in [2.24, 2.45) is 11.7 Å². The van der Waals surface area contributed by atoms with Gasteiger partial charge >= 0.3 is 0 Å². The third-order valence-electron chi connectivity index (χ3n) is 2.55. The summed E-state index contributed by atoms with van der Waals surface area (Å²) >= 11 is 0. The topological polar surface area (TPSA) is 29.3 Å². The smallest absolute Gasteiger partial charge is 0.130 e. The van der Waals surface area contributed by atoms with Crippen LogP contribution in [-0.4, -0.2) is 25.0 Å². The molecule has 0 spiro atoms. The molecule has 0 aliphatic rings. The Balaban J connectivity index is 2.66. The largest absolute Gasteiger partial charge is 0.323 e. The van der Waals surface area contributed by atoms with Crippen LogP contribution in [0.4, 0.5) is 8.78 Å². The Kier molecular flexibility index (Phi) is 5.02. The van der Waals surface area contributed by atoms with Crippen LogP contribution in [0.3, 0.4) is 0 Å². The summed E-state index contributed by atoms with van der Waals surface area (Å²) in [4.78, 5) is 2.05. The molecule has 0 heterocycles. The number of hydrogen-bond donors (Lipinski definition) is 1. The van der Waals surface area contributed by atoms with E-state index in [1.807, 2.05) is 7.05 Å². The molecule has 1 aromatic rings. The van der Waals surface area contributed by atoms with E-state index >= 15 is 0 Å². The van der Waals surface area contributed by atoms with Gasteiger partial charge < -0.3 is 10.6 Å². The molecule has 0 aliphatic heterocycles. The molecule has 0 aromatic heterocycles. The van der Waals surface area contributed by atoms with Crippen LogP contribution in [0, 0.1) is 17.6 Å². The lowest BCUT2D eigenvalue weighted by molar-refractivity contribution is 0.277. The molecule has 2 N–H and O–H groups in total. The standard InChI is InChI=1S/C13H20F2N2/c1-9(2)7-17(3)8-13(16)11-5-4-10(14)6-12(11)15/h4-6,9,13H,7-8,16H2,1-3H3. The van der Waals surface area contributed by atoms with Crippen molar-refractivity contribution in [1.82, 2.24) is 4.90 Å². The second-order valence-corrected chi connectivity index (χ2v) is 4.89. The van der Waals surface area contributed by atoms with Gasteiger partial charge in [0.05, 0.1) is 0 Å². The molecule has 17 heavy (non-hydrogen) atoms. The maximum atomic E-state index is 13.5. The van der Waals surface area contributed by atoms with Crippen LogP contribution in [0.25, 0.3) is 0 Å². The van der Waals surface area contributed by atoms with Gasteiger partial charge in [-0.25, -0.2) is 8.78 Å². The first-order chi connectivity index (χ1) is 7.90. The van der Waals surface area contributed by atoms with Gasteiger partial charge in [-0.3, -0.25) is 0 Å². The van der Waals surface area contributed by atoms with Crippen LogP contribution in [-0.2, 0) is 0 Å². The van der Waals surface area contributed by atoms with Crippen molar-refractivity contribution in [1.29, 1.82) is 0 Å². The van der Waals surface area contributed by atoms with E-state index < -0.39 is 17.7 Å². The fourth-order valence-electron chi connectivity index (χ4n) is 1.93. The summed E-state index contributed by atoms with van der Waals surface area (Å²) in [7, 11) is 1.95. The predicted octanol–water partition coefficient (Wildman–Crippen LogP) is 2.55. The Morgan fingerprint density at radius 3 is 2.41 bits per heavy atom. The second-order valence-electron chi connectivity index (χ2n) is 4.89. The molecule has 1 aromatic carbocycles. The van der Waals surface area contributed by atoms with Gasteiger partial charge in [-0.05, 0) is 19.0 Å². The Hall–Kier alpha value is -1.00. The van der Waals surface area contributed by atoms with E-state index in [0.717, 1.165) is 12.6 Å². The summed E-state index contributed by atoms with van der Waals surface area (Å²) in [6, 6.07) is 3.09. The summed E-state index contributed by atoms with van der Waals surface area (Å²) in [6.07, 6.45) is 0. The van der Waals surface area contributed by atoms with Gasteiger partial charge in [-0.1, -0.05) is 19.9 Å². The SMILES string of the molecule is CC(C)CN(C)CC(N)c1ccc(F)cc1F. The van der Waals surface area contributed by atoms with Crippen LogP contribution < -0.4 is 5.73 Å². The molecule has 0 aliphatic carbocycles. The highest BCUT2D eigenvalue weighted by Crippen LogP contribution is 2.17. The molecule has 1 unspecified atom stereocenters. The van der Waals surface area contributed by atoms with Gasteiger partial charge in [0.25, 0.3) is 0 Å². The highest BCUT2D eigenvalue weighted by atomic mass is 19.1. The molecule has 0 radical (unpaired) electrons. The second kappa shape index (κ2) is 6.07. The Morgan fingerprint density at radius 1 is 1.24 bits per heavy atom. The van der Waals surface area contributed by atoms with E-state index in [0.29, 0.717) is 18.0 Å². The van der Waals surface area contributed by atoms with E-state index in [1.54, 1.807) is 0 Å². The zero-order valence-corrected chi connectivity index (χ0v) is 10.6. The van der Waals surface area contributed by atoms with E-state index in [2.05, 4.69) is 18.7 Å². The zero-order chi connectivity index (χ0) is 13.0. The van der Waals surface area contributed by atoms with Gasteiger partial charge in [0, 0.05) is 30.8 Å².